The summed E-state index contributed by atoms with van der Waals surface area (Å²) in [6.07, 6.45) is 1.41. The van der Waals surface area contributed by atoms with Crippen LogP contribution in [0.25, 0.3) is 0 Å². The summed E-state index contributed by atoms with van der Waals surface area (Å²) >= 11 is 0. The van der Waals surface area contributed by atoms with E-state index in [2.05, 4.69) is 5.16 Å². The molecule has 134 valence electrons. The number of methoxy groups -OCH3 is 2. The van der Waals surface area contributed by atoms with Crippen LogP contribution < -0.4 is 9.47 Å². The number of carbonyl (C=O) groups is 1. The maximum Gasteiger partial charge on any atom is 0.365 e. The Hall–Kier alpha value is -3.42. The van der Waals surface area contributed by atoms with Gasteiger partial charge in [-0.25, -0.2) is 4.79 Å². The summed E-state index contributed by atoms with van der Waals surface area (Å²) in [4.78, 5) is 27.6. The van der Waals surface area contributed by atoms with Crippen LogP contribution in [-0.2, 0) is 11.3 Å². The highest BCUT2D eigenvalue weighted by Gasteiger charge is 2.21. The van der Waals surface area contributed by atoms with Gasteiger partial charge in [-0.3, -0.25) is 10.1 Å². The van der Waals surface area contributed by atoms with E-state index in [1.807, 2.05) is 18.2 Å². The number of ether oxygens (including phenoxy) is 2. The molecule has 0 radical (unpaired) electrons. The van der Waals surface area contributed by atoms with E-state index >= 15 is 0 Å². The van der Waals surface area contributed by atoms with Crippen LogP contribution in [0.3, 0.4) is 0 Å². The summed E-state index contributed by atoms with van der Waals surface area (Å²) in [5, 5.41) is 15.0. The molecule has 0 fully saturated rings. The van der Waals surface area contributed by atoms with Gasteiger partial charge >= 0.3 is 11.7 Å². The molecule has 0 spiro atoms. The molecular formula is C18H16N2O6. The maximum absolute atomic E-state index is 12.2. The molecule has 0 saturated carbocycles. The predicted molar refractivity (Wildman–Crippen MR) is 92.9 cm³/mol. The number of carbonyl (C=O) groups excluding carboxylic acids is 1. The monoisotopic (exact) mass is 356 g/mol. The zero-order chi connectivity index (χ0) is 18.7. The van der Waals surface area contributed by atoms with E-state index in [1.54, 1.807) is 7.11 Å². The first kappa shape index (κ1) is 17.4. The highest BCUT2D eigenvalue weighted by atomic mass is 16.7. The number of nitro benzene ring substituents is 1. The van der Waals surface area contributed by atoms with Gasteiger partial charge in [0.15, 0.2) is 5.75 Å². The van der Waals surface area contributed by atoms with Crippen molar-refractivity contribution in [3.8, 4) is 11.5 Å². The number of hydrogen-bond donors (Lipinski definition) is 0. The fourth-order valence-electron chi connectivity index (χ4n) is 2.78. The van der Waals surface area contributed by atoms with E-state index in [0.29, 0.717) is 12.1 Å². The first-order chi connectivity index (χ1) is 12.5. The van der Waals surface area contributed by atoms with E-state index in [1.165, 1.54) is 19.2 Å². The summed E-state index contributed by atoms with van der Waals surface area (Å²) in [5.41, 5.74) is 2.33. The Morgan fingerprint density at radius 1 is 1.12 bits per heavy atom. The van der Waals surface area contributed by atoms with Gasteiger partial charge < -0.3 is 14.3 Å². The first-order valence-electron chi connectivity index (χ1n) is 7.81. The normalized spacial score (nSPS) is 14.0. The predicted octanol–water partition coefficient (Wildman–Crippen LogP) is 3.12. The topological polar surface area (TPSA) is 100 Å². The van der Waals surface area contributed by atoms with Gasteiger partial charge in [0.1, 0.15) is 5.75 Å². The third-order valence-electron chi connectivity index (χ3n) is 4.10. The Morgan fingerprint density at radius 2 is 1.92 bits per heavy atom. The summed E-state index contributed by atoms with van der Waals surface area (Å²) in [6, 6.07) is 9.45. The van der Waals surface area contributed by atoms with Crippen molar-refractivity contribution in [2.24, 2.45) is 5.16 Å². The molecule has 0 aromatic heterocycles. The van der Waals surface area contributed by atoms with Crippen LogP contribution in [-0.4, -0.2) is 30.8 Å². The molecule has 0 heterocycles. The highest BCUT2D eigenvalue weighted by molar-refractivity contribution is 6.04. The number of aryl methyl sites for hydroxylation is 1. The van der Waals surface area contributed by atoms with Crippen LogP contribution in [0, 0.1) is 10.1 Å². The van der Waals surface area contributed by atoms with Crippen LogP contribution in [0.4, 0.5) is 5.69 Å². The zero-order valence-corrected chi connectivity index (χ0v) is 14.2. The van der Waals surface area contributed by atoms with Gasteiger partial charge in [0.05, 0.1) is 30.4 Å². The lowest BCUT2D eigenvalue weighted by Gasteiger charge is -2.05. The second-order valence-electron chi connectivity index (χ2n) is 5.58. The number of hydrogen-bond acceptors (Lipinski definition) is 7. The summed E-state index contributed by atoms with van der Waals surface area (Å²) < 4.78 is 10.1. The molecule has 2 aromatic carbocycles. The first-order valence-corrected chi connectivity index (χ1v) is 7.81. The molecule has 0 unspecified atom stereocenters. The van der Waals surface area contributed by atoms with Crippen molar-refractivity contribution in [1.82, 2.24) is 0 Å². The number of benzene rings is 2. The molecular weight excluding hydrogens is 340 g/mol. The van der Waals surface area contributed by atoms with Gasteiger partial charge in [0.2, 0.25) is 0 Å². The van der Waals surface area contributed by atoms with Crippen molar-refractivity contribution < 1.29 is 24.0 Å². The number of rotatable bonds is 5. The number of oxime groups is 1. The third kappa shape index (κ3) is 3.34. The van der Waals surface area contributed by atoms with Crippen molar-refractivity contribution in [2.75, 3.05) is 14.2 Å². The van der Waals surface area contributed by atoms with Gasteiger partial charge in [-0.2, -0.15) is 0 Å². The van der Waals surface area contributed by atoms with Crippen LogP contribution in [0.5, 0.6) is 11.5 Å². The van der Waals surface area contributed by atoms with Crippen molar-refractivity contribution in [2.45, 2.75) is 12.8 Å². The number of nitro groups is 1. The lowest BCUT2D eigenvalue weighted by molar-refractivity contribution is -0.385. The molecule has 2 aromatic rings. The van der Waals surface area contributed by atoms with Gasteiger partial charge in [0, 0.05) is 11.6 Å². The van der Waals surface area contributed by atoms with Crippen LogP contribution in [0.15, 0.2) is 41.6 Å². The molecule has 26 heavy (non-hydrogen) atoms. The third-order valence-corrected chi connectivity index (χ3v) is 4.10. The molecule has 1 aliphatic rings. The Morgan fingerprint density at radius 3 is 2.62 bits per heavy atom. The largest absolute Gasteiger partial charge is 0.497 e. The molecule has 8 heteroatoms. The summed E-state index contributed by atoms with van der Waals surface area (Å²) in [6.45, 7) is 0. The lowest BCUT2D eigenvalue weighted by atomic mass is 10.1. The lowest BCUT2D eigenvalue weighted by Crippen LogP contribution is -2.05. The SMILES string of the molecule is COc1ccc2c(c1)CC/C2=N/OC(=O)c1ccc(OC)c([N+](=O)[O-])c1. The molecule has 3 rings (SSSR count). The zero-order valence-electron chi connectivity index (χ0n) is 14.2. The molecule has 1 aliphatic carbocycles. The van der Waals surface area contributed by atoms with E-state index < -0.39 is 10.9 Å². The molecule has 0 saturated heterocycles. The smallest absolute Gasteiger partial charge is 0.365 e. The molecule has 0 aliphatic heterocycles. The van der Waals surface area contributed by atoms with Crippen molar-refractivity contribution >= 4 is 17.4 Å². The molecule has 0 amide bonds. The van der Waals surface area contributed by atoms with Crippen LogP contribution in [0.2, 0.25) is 0 Å². The van der Waals surface area contributed by atoms with E-state index in [9.17, 15) is 14.9 Å². The molecule has 8 nitrogen and oxygen atoms in total. The maximum atomic E-state index is 12.2. The fraction of sp³-hybridized carbons (Fsp3) is 0.222. The molecule has 0 N–H and O–H groups in total. The number of fused-ring (bicyclic) bond motifs is 1. The fourth-order valence-corrected chi connectivity index (χ4v) is 2.78. The highest BCUT2D eigenvalue weighted by Crippen LogP contribution is 2.29. The Labute approximate surface area is 149 Å². The Kier molecular flexibility index (Phi) is 4.83. The second-order valence-corrected chi connectivity index (χ2v) is 5.58. The minimum absolute atomic E-state index is 0.0230. The molecule has 0 atom stereocenters. The number of nitrogens with zero attached hydrogens (tertiary/aromatic N) is 2. The van der Waals surface area contributed by atoms with Gasteiger partial charge in [-0.15, -0.1) is 0 Å². The van der Waals surface area contributed by atoms with Gasteiger partial charge in [-0.05, 0) is 48.7 Å². The van der Waals surface area contributed by atoms with Crippen molar-refractivity contribution in [3.63, 3.8) is 0 Å². The Balaban J connectivity index is 1.79. The second kappa shape index (κ2) is 7.22. The average molecular weight is 356 g/mol. The van der Waals surface area contributed by atoms with Gasteiger partial charge in [-0.1, -0.05) is 5.16 Å². The van der Waals surface area contributed by atoms with E-state index in [0.717, 1.165) is 29.4 Å². The standard InChI is InChI=1S/C18H16N2O6/c1-24-13-5-6-14-11(9-13)3-7-15(14)19-26-18(21)12-4-8-17(25-2)16(10-12)20(22)23/h4-6,8-10H,3,7H2,1-2H3/b19-15-. The quantitative estimate of drug-likeness (QED) is 0.463. The van der Waals surface area contributed by atoms with Crippen molar-refractivity contribution in [3.05, 3.63) is 63.2 Å². The van der Waals surface area contributed by atoms with Gasteiger partial charge in [0.25, 0.3) is 0 Å². The van der Waals surface area contributed by atoms with Crippen molar-refractivity contribution in [1.29, 1.82) is 0 Å². The molecule has 0 bridgehead atoms. The summed E-state index contributed by atoms with van der Waals surface area (Å²) in [7, 11) is 2.92. The minimum atomic E-state index is -0.773. The Bertz CT molecular complexity index is 907. The average Bonchev–Trinajstić information content (AvgIpc) is 3.07. The summed E-state index contributed by atoms with van der Waals surface area (Å²) in [5.74, 6) is 0.0503. The van der Waals surface area contributed by atoms with E-state index in [4.69, 9.17) is 14.3 Å². The van der Waals surface area contributed by atoms with E-state index in [-0.39, 0.29) is 17.0 Å². The van der Waals surface area contributed by atoms with Crippen LogP contribution in [0.1, 0.15) is 27.9 Å². The van der Waals surface area contributed by atoms with Crippen LogP contribution >= 0.6 is 0 Å². The minimum Gasteiger partial charge on any atom is -0.497 e.